The van der Waals surface area contributed by atoms with Crippen molar-refractivity contribution in [3.8, 4) is 5.75 Å². The van der Waals surface area contributed by atoms with Crippen molar-refractivity contribution < 1.29 is 14.6 Å². The third-order valence-electron chi connectivity index (χ3n) is 4.10. The number of hydrogen-bond acceptors (Lipinski definition) is 4. The number of aromatic hydroxyl groups is 1. The summed E-state index contributed by atoms with van der Waals surface area (Å²) in [6.07, 6.45) is 1.91. The van der Waals surface area contributed by atoms with Gasteiger partial charge in [-0.2, -0.15) is 0 Å². The number of hydrogen-bond donors (Lipinski definition) is 2. The highest BCUT2D eigenvalue weighted by Crippen LogP contribution is 2.26. The van der Waals surface area contributed by atoms with Crippen LogP contribution in [0, 0.1) is 5.92 Å². The maximum Gasteiger partial charge on any atom is 0.410 e. The summed E-state index contributed by atoms with van der Waals surface area (Å²) in [5.74, 6) is 0.694. The fourth-order valence-electron chi connectivity index (χ4n) is 3.00. The van der Waals surface area contributed by atoms with E-state index in [1.165, 1.54) is 0 Å². The van der Waals surface area contributed by atoms with E-state index in [2.05, 4.69) is 5.32 Å². The molecule has 0 radical (unpaired) electrons. The molecule has 2 aliphatic heterocycles. The molecule has 5 nitrogen and oxygen atoms in total. The van der Waals surface area contributed by atoms with Gasteiger partial charge >= 0.3 is 6.09 Å². The maximum absolute atomic E-state index is 11.9. The maximum atomic E-state index is 11.9. The number of phenols is 1. The zero-order valence-corrected chi connectivity index (χ0v) is 11.4. The summed E-state index contributed by atoms with van der Waals surface area (Å²) in [5, 5.41) is 12.8. The molecule has 108 valence electrons. The number of phenolic OH excluding ortho intramolecular Hbond substituents is 1. The van der Waals surface area contributed by atoms with E-state index in [0.29, 0.717) is 19.0 Å². The van der Waals surface area contributed by atoms with Crippen LogP contribution in [-0.4, -0.2) is 41.8 Å². The Balaban J connectivity index is 1.62. The van der Waals surface area contributed by atoms with Crippen molar-refractivity contribution in [2.45, 2.75) is 25.5 Å². The lowest BCUT2D eigenvalue weighted by Gasteiger charge is -2.26. The second-order valence-corrected chi connectivity index (χ2v) is 5.56. The predicted molar refractivity (Wildman–Crippen MR) is 74.4 cm³/mol. The van der Waals surface area contributed by atoms with Crippen molar-refractivity contribution in [3.05, 3.63) is 29.8 Å². The van der Waals surface area contributed by atoms with Crippen molar-refractivity contribution in [1.29, 1.82) is 0 Å². The van der Waals surface area contributed by atoms with Gasteiger partial charge in [-0.1, -0.05) is 12.1 Å². The fraction of sp³-hybridized carbons (Fsp3) is 0.533. The summed E-state index contributed by atoms with van der Waals surface area (Å²) >= 11 is 0. The first-order valence-electron chi connectivity index (χ1n) is 7.16. The van der Waals surface area contributed by atoms with Crippen LogP contribution in [0.25, 0.3) is 0 Å². The van der Waals surface area contributed by atoms with Crippen LogP contribution >= 0.6 is 0 Å². The van der Waals surface area contributed by atoms with Gasteiger partial charge in [-0.05, 0) is 43.6 Å². The molecular formula is C15H20N2O3. The lowest BCUT2D eigenvalue weighted by atomic mass is 9.92. The van der Waals surface area contributed by atoms with Gasteiger partial charge in [-0.25, -0.2) is 4.79 Å². The summed E-state index contributed by atoms with van der Waals surface area (Å²) in [6.45, 7) is 3.16. The van der Waals surface area contributed by atoms with E-state index in [1.807, 2.05) is 6.07 Å². The molecular weight excluding hydrogens is 256 g/mol. The first kappa shape index (κ1) is 13.2. The summed E-state index contributed by atoms with van der Waals surface area (Å²) in [6, 6.07) is 7.01. The Hall–Kier alpha value is -1.75. The first-order chi connectivity index (χ1) is 9.72. The van der Waals surface area contributed by atoms with Crippen LogP contribution in [-0.2, 0) is 11.3 Å². The minimum absolute atomic E-state index is 0.0157. The van der Waals surface area contributed by atoms with E-state index >= 15 is 0 Å². The van der Waals surface area contributed by atoms with Crippen LogP contribution in [0.3, 0.4) is 0 Å². The Morgan fingerprint density at radius 2 is 2.15 bits per heavy atom. The van der Waals surface area contributed by atoms with Gasteiger partial charge in [-0.3, -0.25) is 0 Å². The molecule has 0 bridgehead atoms. The van der Waals surface area contributed by atoms with Crippen LogP contribution in [0.4, 0.5) is 4.79 Å². The topological polar surface area (TPSA) is 61.8 Å². The number of nitrogens with zero attached hydrogens (tertiary/aromatic N) is 1. The van der Waals surface area contributed by atoms with Crippen molar-refractivity contribution in [1.82, 2.24) is 10.2 Å². The number of benzene rings is 1. The minimum atomic E-state index is -0.239. The summed E-state index contributed by atoms with van der Waals surface area (Å²) in [4.78, 5) is 13.7. The molecule has 2 fully saturated rings. The number of carbonyl (C=O) groups is 1. The van der Waals surface area contributed by atoms with Crippen LogP contribution in [0.5, 0.6) is 5.75 Å². The molecule has 5 heteroatoms. The third-order valence-corrected chi connectivity index (χ3v) is 4.10. The van der Waals surface area contributed by atoms with Gasteiger partial charge in [0.05, 0.1) is 6.54 Å². The molecule has 20 heavy (non-hydrogen) atoms. The van der Waals surface area contributed by atoms with Crippen LogP contribution in [0.1, 0.15) is 18.4 Å². The zero-order chi connectivity index (χ0) is 13.9. The molecule has 1 amide bonds. The van der Waals surface area contributed by atoms with E-state index in [-0.39, 0.29) is 17.9 Å². The van der Waals surface area contributed by atoms with Crippen LogP contribution in [0.2, 0.25) is 0 Å². The van der Waals surface area contributed by atoms with Crippen molar-refractivity contribution in [2.75, 3.05) is 19.6 Å². The summed E-state index contributed by atoms with van der Waals surface area (Å²) < 4.78 is 5.51. The monoisotopic (exact) mass is 276 g/mol. The van der Waals surface area contributed by atoms with E-state index in [4.69, 9.17) is 4.74 Å². The molecule has 1 aromatic rings. The number of cyclic esters (lactones) is 1. The Morgan fingerprint density at radius 1 is 1.35 bits per heavy atom. The Bertz CT molecular complexity index is 486. The molecule has 0 saturated carbocycles. The van der Waals surface area contributed by atoms with Crippen molar-refractivity contribution >= 4 is 6.09 Å². The molecule has 0 spiro atoms. The normalized spacial score (nSPS) is 23.9. The second kappa shape index (κ2) is 5.71. The largest absolute Gasteiger partial charge is 0.508 e. The second-order valence-electron chi connectivity index (χ2n) is 5.56. The number of carbonyl (C=O) groups excluding carboxylic acids is 1. The highest BCUT2D eigenvalue weighted by atomic mass is 16.6. The number of ether oxygens (including phenoxy) is 1. The fourth-order valence-corrected chi connectivity index (χ4v) is 3.00. The van der Waals surface area contributed by atoms with Gasteiger partial charge < -0.3 is 20.1 Å². The molecule has 2 heterocycles. The zero-order valence-electron chi connectivity index (χ0n) is 11.4. The molecule has 1 atom stereocenters. The Kier molecular flexibility index (Phi) is 3.78. The van der Waals surface area contributed by atoms with E-state index in [1.54, 1.807) is 23.1 Å². The van der Waals surface area contributed by atoms with Crippen molar-refractivity contribution in [3.63, 3.8) is 0 Å². The van der Waals surface area contributed by atoms with Crippen LogP contribution in [0.15, 0.2) is 24.3 Å². The SMILES string of the molecule is O=C1OC(C2CCNCC2)CN1Cc1cccc(O)c1. The Morgan fingerprint density at radius 3 is 2.90 bits per heavy atom. The van der Waals surface area contributed by atoms with Gasteiger partial charge in [0.1, 0.15) is 11.9 Å². The Labute approximate surface area is 118 Å². The average molecular weight is 276 g/mol. The average Bonchev–Trinajstić information content (AvgIpc) is 2.81. The standard InChI is InChI=1S/C15H20N2O3/c18-13-3-1-2-11(8-13)9-17-10-14(20-15(17)19)12-4-6-16-7-5-12/h1-3,8,12,14,16,18H,4-7,9-10H2. The smallest absolute Gasteiger partial charge is 0.410 e. The van der Waals surface area contributed by atoms with Gasteiger partial charge in [0.25, 0.3) is 0 Å². The molecule has 2 saturated heterocycles. The first-order valence-corrected chi connectivity index (χ1v) is 7.16. The van der Waals surface area contributed by atoms with Crippen LogP contribution < -0.4 is 5.32 Å². The lowest BCUT2D eigenvalue weighted by molar-refractivity contribution is 0.0905. The molecule has 2 aliphatic rings. The number of rotatable bonds is 3. The molecule has 1 aromatic carbocycles. The highest BCUT2D eigenvalue weighted by molar-refractivity contribution is 5.70. The lowest BCUT2D eigenvalue weighted by Crippen LogP contribution is -2.36. The summed E-state index contributed by atoms with van der Waals surface area (Å²) in [5.41, 5.74) is 0.924. The van der Waals surface area contributed by atoms with E-state index in [9.17, 15) is 9.90 Å². The van der Waals surface area contributed by atoms with Gasteiger partial charge in [0.2, 0.25) is 0 Å². The number of nitrogens with one attached hydrogen (secondary N) is 1. The van der Waals surface area contributed by atoms with Crippen molar-refractivity contribution in [2.24, 2.45) is 5.92 Å². The third kappa shape index (κ3) is 2.88. The molecule has 2 N–H and O–H groups in total. The number of amides is 1. The minimum Gasteiger partial charge on any atom is -0.508 e. The van der Waals surface area contributed by atoms with E-state index < -0.39 is 0 Å². The molecule has 1 unspecified atom stereocenters. The molecule has 0 aliphatic carbocycles. The highest BCUT2D eigenvalue weighted by Gasteiger charge is 2.36. The summed E-state index contributed by atoms with van der Waals surface area (Å²) in [7, 11) is 0. The molecule has 3 rings (SSSR count). The van der Waals surface area contributed by atoms with Gasteiger partial charge in [0, 0.05) is 12.5 Å². The van der Waals surface area contributed by atoms with Gasteiger partial charge in [0.15, 0.2) is 0 Å². The van der Waals surface area contributed by atoms with E-state index in [0.717, 1.165) is 31.5 Å². The predicted octanol–water partition coefficient (Wildman–Crippen LogP) is 1.71. The molecule has 0 aromatic heterocycles. The number of piperidine rings is 1. The quantitative estimate of drug-likeness (QED) is 0.882. The van der Waals surface area contributed by atoms with Gasteiger partial charge in [-0.15, -0.1) is 0 Å².